The van der Waals surface area contributed by atoms with Crippen molar-refractivity contribution in [2.75, 3.05) is 19.8 Å². The van der Waals surface area contributed by atoms with E-state index >= 15 is 0 Å². The zero-order chi connectivity index (χ0) is 24.2. The highest BCUT2D eigenvalue weighted by Gasteiger charge is 2.41. The van der Waals surface area contributed by atoms with E-state index < -0.39 is 16.8 Å². The van der Waals surface area contributed by atoms with Crippen molar-refractivity contribution in [3.8, 4) is 0 Å². The third-order valence-corrected chi connectivity index (χ3v) is 7.11. The van der Waals surface area contributed by atoms with Gasteiger partial charge in [-0.2, -0.15) is 0 Å². The molecule has 8 nitrogen and oxygen atoms in total. The molecule has 1 aromatic carbocycles. The zero-order valence-corrected chi connectivity index (χ0v) is 19.9. The van der Waals surface area contributed by atoms with Crippen LogP contribution in [-0.2, 0) is 19.1 Å². The highest BCUT2D eigenvalue weighted by atomic mass is 32.1. The molecule has 0 unspecified atom stereocenters. The first kappa shape index (κ1) is 23.8. The summed E-state index contributed by atoms with van der Waals surface area (Å²) in [5.74, 6) is -1.33. The average molecular weight is 483 g/mol. The molecule has 0 bridgehead atoms. The number of ketones is 1. The van der Waals surface area contributed by atoms with Crippen LogP contribution in [-0.4, -0.2) is 36.5 Å². The molecule has 0 amide bonds. The fourth-order valence-corrected chi connectivity index (χ4v) is 5.43. The lowest BCUT2D eigenvalue weighted by Crippen LogP contribution is -2.36. The lowest BCUT2D eigenvalue weighted by Gasteiger charge is -2.36. The van der Waals surface area contributed by atoms with Gasteiger partial charge in [0.25, 0.3) is 5.69 Å². The van der Waals surface area contributed by atoms with Crippen LogP contribution in [0.25, 0.3) is 0 Å². The highest BCUT2D eigenvalue weighted by Crippen LogP contribution is 2.46. The summed E-state index contributed by atoms with van der Waals surface area (Å²) in [5, 5.41) is 16.7. The van der Waals surface area contributed by atoms with Crippen LogP contribution in [0.4, 0.5) is 5.69 Å². The molecule has 2 atom stereocenters. The summed E-state index contributed by atoms with van der Waals surface area (Å²) in [7, 11) is 0. The number of nitrogens with zero attached hydrogens (tertiary/aromatic N) is 1. The van der Waals surface area contributed by atoms with Crippen LogP contribution in [0.15, 0.2) is 64.3 Å². The van der Waals surface area contributed by atoms with Gasteiger partial charge in [0.2, 0.25) is 0 Å². The van der Waals surface area contributed by atoms with E-state index in [2.05, 4.69) is 5.32 Å². The number of nitro benzene ring substituents is 1. The maximum Gasteiger partial charge on any atom is 0.336 e. The average Bonchev–Trinajstić information content (AvgIpc) is 3.36. The van der Waals surface area contributed by atoms with Crippen LogP contribution < -0.4 is 5.32 Å². The van der Waals surface area contributed by atoms with Gasteiger partial charge in [0.05, 0.1) is 17.1 Å². The van der Waals surface area contributed by atoms with Crippen LogP contribution in [0.3, 0.4) is 0 Å². The van der Waals surface area contributed by atoms with Crippen molar-refractivity contribution < 1.29 is 24.0 Å². The number of nitro groups is 1. The lowest BCUT2D eigenvalue weighted by molar-refractivity contribution is -0.384. The van der Waals surface area contributed by atoms with E-state index in [9.17, 15) is 19.7 Å². The van der Waals surface area contributed by atoms with Gasteiger partial charge in [-0.1, -0.05) is 18.2 Å². The van der Waals surface area contributed by atoms with Crippen molar-refractivity contribution in [1.82, 2.24) is 5.32 Å². The predicted molar refractivity (Wildman–Crippen MR) is 127 cm³/mol. The first-order valence-electron chi connectivity index (χ1n) is 11.2. The van der Waals surface area contributed by atoms with E-state index in [-0.39, 0.29) is 30.6 Å². The molecular formula is C25H26N2O6S. The molecule has 0 spiro atoms. The summed E-state index contributed by atoms with van der Waals surface area (Å²) in [4.78, 5) is 38.7. The fraction of sp³-hybridized carbons (Fsp3) is 0.360. The molecule has 0 saturated heterocycles. The number of dihydropyridines is 1. The highest BCUT2D eigenvalue weighted by molar-refractivity contribution is 7.10. The number of carbonyl (C=O) groups excluding carboxylic acids is 2. The molecule has 2 aromatic rings. The maximum absolute atomic E-state index is 13.5. The number of allylic oxidation sites excluding steroid dienone is 3. The minimum Gasteiger partial charge on any atom is -0.460 e. The molecule has 9 heteroatoms. The Morgan fingerprint density at radius 2 is 2.06 bits per heavy atom. The molecule has 1 N–H and O–H groups in total. The topological polar surface area (TPSA) is 108 Å². The number of ether oxygens (including phenoxy) is 2. The summed E-state index contributed by atoms with van der Waals surface area (Å²) in [6, 6.07) is 10.1. The predicted octanol–water partition coefficient (Wildman–Crippen LogP) is 4.60. The van der Waals surface area contributed by atoms with Crippen LogP contribution >= 0.6 is 11.3 Å². The number of rotatable bonds is 8. The van der Waals surface area contributed by atoms with E-state index in [1.54, 1.807) is 30.4 Å². The summed E-state index contributed by atoms with van der Waals surface area (Å²) in [6.07, 6.45) is 0.940. The number of esters is 1. The largest absolute Gasteiger partial charge is 0.460 e. The molecule has 178 valence electrons. The molecule has 1 aliphatic carbocycles. The van der Waals surface area contributed by atoms with Crippen molar-refractivity contribution in [3.05, 3.63) is 84.9 Å². The smallest absolute Gasteiger partial charge is 0.336 e. The lowest BCUT2D eigenvalue weighted by atomic mass is 9.72. The van der Waals surface area contributed by atoms with E-state index in [1.807, 2.05) is 24.4 Å². The number of non-ortho nitro benzene ring substituents is 1. The molecule has 1 aliphatic heterocycles. The Hall–Kier alpha value is -3.30. The van der Waals surface area contributed by atoms with Gasteiger partial charge in [-0.25, -0.2) is 4.79 Å². The van der Waals surface area contributed by atoms with Crippen molar-refractivity contribution in [3.63, 3.8) is 0 Å². The number of hydrogen-bond acceptors (Lipinski definition) is 8. The Morgan fingerprint density at radius 1 is 1.24 bits per heavy atom. The molecule has 34 heavy (non-hydrogen) atoms. The summed E-state index contributed by atoms with van der Waals surface area (Å²) >= 11 is 1.62. The Morgan fingerprint density at radius 3 is 2.76 bits per heavy atom. The number of thiophene rings is 1. The SMILES string of the molecule is CCOCCOC(=O)C1=C(C)NC2=C(C(=O)C[C@@H](c3cccs3)C2)[C@H]1c1cccc([N+](=O)[O-])c1. The second-order valence-corrected chi connectivity index (χ2v) is 9.20. The Bertz CT molecular complexity index is 1170. The van der Waals surface area contributed by atoms with Crippen molar-refractivity contribution in [1.29, 1.82) is 0 Å². The number of nitrogens with one attached hydrogen (secondary N) is 1. The van der Waals surface area contributed by atoms with Crippen LogP contribution in [0, 0.1) is 10.1 Å². The second-order valence-electron chi connectivity index (χ2n) is 8.22. The summed E-state index contributed by atoms with van der Waals surface area (Å²) in [6.45, 7) is 4.47. The third kappa shape index (κ3) is 4.80. The van der Waals surface area contributed by atoms with E-state index in [0.29, 0.717) is 41.9 Å². The molecular weight excluding hydrogens is 456 g/mol. The molecule has 2 heterocycles. The van der Waals surface area contributed by atoms with Gasteiger partial charge in [-0.15, -0.1) is 11.3 Å². The van der Waals surface area contributed by atoms with Gasteiger partial charge in [0.1, 0.15) is 6.61 Å². The quantitative estimate of drug-likeness (QED) is 0.254. The normalized spacial score (nSPS) is 20.1. The standard InChI is InChI=1S/C25H26N2O6S/c1-3-32-9-10-33-25(29)22-15(2)26-19-13-17(21-8-5-11-34-21)14-20(28)24(19)23(22)16-6-4-7-18(12-16)27(30)31/h4-8,11-12,17,23,26H,3,9-10,13-14H2,1-2H3/t17-,23-/m0/s1. The zero-order valence-electron chi connectivity index (χ0n) is 19.0. The van der Waals surface area contributed by atoms with Gasteiger partial charge in [0, 0.05) is 58.8 Å². The molecule has 2 aliphatic rings. The van der Waals surface area contributed by atoms with Crippen molar-refractivity contribution in [2.45, 2.75) is 38.5 Å². The van der Waals surface area contributed by atoms with Crippen LogP contribution in [0.1, 0.15) is 49.0 Å². The van der Waals surface area contributed by atoms with E-state index in [0.717, 1.165) is 10.6 Å². The maximum atomic E-state index is 13.5. The van der Waals surface area contributed by atoms with Crippen molar-refractivity contribution in [2.24, 2.45) is 0 Å². The van der Waals surface area contributed by atoms with Crippen LogP contribution in [0.5, 0.6) is 0 Å². The van der Waals surface area contributed by atoms with Gasteiger partial charge >= 0.3 is 5.97 Å². The Labute approximate surface area is 201 Å². The number of hydrogen-bond donors (Lipinski definition) is 1. The molecule has 0 saturated carbocycles. The molecule has 1 aromatic heterocycles. The summed E-state index contributed by atoms with van der Waals surface area (Å²) in [5.41, 5.74) is 2.53. The van der Waals surface area contributed by atoms with Crippen LogP contribution in [0.2, 0.25) is 0 Å². The fourth-order valence-electron chi connectivity index (χ4n) is 4.60. The van der Waals surface area contributed by atoms with Gasteiger partial charge in [-0.05, 0) is 37.3 Å². The van der Waals surface area contributed by atoms with Crippen molar-refractivity contribution >= 4 is 28.8 Å². The van der Waals surface area contributed by atoms with E-state index in [1.165, 1.54) is 12.1 Å². The van der Waals surface area contributed by atoms with Gasteiger partial charge < -0.3 is 14.8 Å². The molecule has 0 fully saturated rings. The first-order valence-corrected chi connectivity index (χ1v) is 12.0. The Balaban J connectivity index is 1.75. The number of benzene rings is 1. The third-order valence-electron chi connectivity index (χ3n) is 6.07. The van der Waals surface area contributed by atoms with Gasteiger partial charge in [0.15, 0.2) is 5.78 Å². The monoisotopic (exact) mass is 482 g/mol. The Kier molecular flexibility index (Phi) is 7.23. The number of Topliss-reactive ketones (excluding diaryl/α,β-unsaturated/α-hetero) is 1. The summed E-state index contributed by atoms with van der Waals surface area (Å²) < 4.78 is 10.7. The van der Waals surface area contributed by atoms with E-state index in [4.69, 9.17) is 9.47 Å². The first-order chi connectivity index (χ1) is 16.4. The minimum absolute atomic E-state index is 0.0528. The number of carbonyl (C=O) groups is 2. The molecule has 0 radical (unpaired) electrons. The molecule has 4 rings (SSSR count). The second kappa shape index (κ2) is 10.3. The van der Waals surface area contributed by atoms with Gasteiger partial charge in [-0.3, -0.25) is 14.9 Å². The minimum atomic E-state index is -0.743.